The first-order valence-electron chi connectivity index (χ1n) is 6.75. The first-order valence-corrected chi connectivity index (χ1v) is 6.75. The minimum Gasteiger partial charge on any atom is -0.399 e. The van der Waals surface area contributed by atoms with Gasteiger partial charge in [0, 0.05) is 18.8 Å². The van der Waals surface area contributed by atoms with Crippen LogP contribution >= 0.6 is 0 Å². The molecule has 17 heavy (non-hydrogen) atoms. The maximum absolute atomic E-state index is 6.06. The number of hydrogen-bond donors (Lipinski definition) is 1. The molecule has 90 valence electrons. The van der Waals surface area contributed by atoms with Crippen molar-refractivity contribution in [1.29, 1.82) is 0 Å². The van der Waals surface area contributed by atoms with Gasteiger partial charge in [-0.3, -0.25) is 0 Å². The molecule has 2 aliphatic carbocycles. The Morgan fingerprint density at radius 1 is 1.29 bits per heavy atom. The van der Waals surface area contributed by atoms with E-state index in [1.165, 1.54) is 37.8 Å². The summed E-state index contributed by atoms with van der Waals surface area (Å²) >= 11 is 0. The van der Waals surface area contributed by atoms with Crippen LogP contribution in [0.15, 0.2) is 12.1 Å². The fraction of sp³-hybridized carbons (Fsp3) is 0.600. The van der Waals surface area contributed by atoms with Crippen LogP contribution in [0.25, 0.3) is 0 Å². The zero-order valence-corrected chi connectivity index (χ0v) is 10.5. The Kier molecular flexibility index (Phi) is 1.79. The Bertz CT molecular complexity index is 488. The maximum atomic E-state index is 6.06. The normalized spacial score (nSPS) is 29.1. The Labute approximate surface area is 103 Å². The van der Waals surface area contributed by atoms with Gasteiger partial charge in [-0.15, -0.1) is 0 Å². The number of anilines is 1. The average Bonchev–Trinajstić information content (AvgIpc) is 2.94. The average molecular weight is 228 g/mol. The number of benzene rings is 1. The van der Waals surface area contributed by atoms with Crippen LogP contribution in [0.1, 0.15) is 41.9 Å². The van der Waals surface area contributed by atoms with Gasteiger partial charge in [0.2, 0.25) is 0 Å². The van der Waals surface area contributed by atoms with E-state index in [2.05, 4.69) is 24.1 Å². The minimum absolute atomic E-state index is 0.668. The van der Waals surface area contributed by atoms with Crippen molar-refractivity contribution in [3.63, 3.8) is 0 Å². The van der Waals surface area contributed by atoms with Gasteiger partial charge in [-0.2, -0.15) is 0 Å². The Balaban J connectivity index is 1.89. The summed E-state index contributed by atoms with van der Waals surface area (Å²) in [4.78, 5) is 2.46. The predicted molar refractivity (Wildman–Crippen MR) is 69.9 cm³/mol. The molecule has 1 aromatic carbocycles. The lowest BCUT2D eigenvalue weighted by Gasteiger charge is -2.40. The lowest BCUT2D eigenvalue weighted by Crippen LogP contribution is -2.35. The third-order valence-electron chi connectivity index (χ3n) is 4.96. The van der Waals surface area contributed by atoms with Gasteiger partial charge < -0.3 is 10.6 Å². The molecule has 2 nitrogen and oxygen atoms in total. The van der Waals surface area contributed by atoms with Crippen molar-refractivity contribution in [1.82, 2.24) is 4.90 Å². The number of hydrogen-bond acceptors (Lipinski definition) is 2. The van der Waals surface area contributed by atoms with E-state index in [9.17, 15) is 0 Å². The van der Waals surface area contributed by atoms with E-state index >= 15 is 0 Å². The van der Waals surface area contributed by atoms with Gasteiger partial charge in [0.05, 0.1) is 0 Å². The first-order chi connectivity index (χ1) is 8.15. The second-order valence-corrected chi connectivity index (χ2v) is 6.53. The molecular weight excluding hydrogens is 208 g/mol. The molecule has 0 amide bonds. The van der Waals surface area contributed by atoms with Crippen LogP contribution in [0.5, 0.6) is 0 Å². The molecule has 0 radical (unpaired) electrons. The van der Waals surface area contributed by atoms with Gasteiger partial charge in [-0.05, 0) is 72.9 Å². The standard InChI is InChI=1S/C15H20N2/c1-17-8-11-5-13(16)4-10-6-15(2-3-15)7-12(9-17)14(10)11/h4-5,12H,2-3,6-9,16H2,1H3/t12-/m0/s1. The van der Waals surface area contributed by atoms with Crippen molar-refractivity contribution < 1.29 is 0 Å². The molecule has 1 fully saturated rings. The fourth-order valence-electron chi connectivity index (χ4n) is 4.15. The molecule has 4 rings (SSSR count). The monoisotopic (exact) mass is 228 g/mol. The SMILES string of the molecule is CN1Cc2cc(N)cc3c2[C@H](C1)CC1(CC1)C3. The molecule has 1 heterocycles. The van der Waals surface area contributed by atoms with E-state index in [1.54, 1.807) is 11.1 Å². The lowest BCUT2D eigenvalue weighted by atomic mass is 9.71. The molecule has 1 saturated carbocycles. The third kappa shape index (κ3) is 1.43. The van der Waals surface area contributed by atoms with Gasteiger partial charge in [0.25, 0.3) is 0 Å². The summed E-state index contributed by atoms with van der Waals surface area (Å²) in [6.45, 7) is 2.32. The van der Waals surface area contributed by atoms with Crippen LogP contribution < -0.4 is 5.73 Å². The summed E-state index contributed by atoms with van der Waals surface area (Å²) in [5.41, 5.74) is 12.4. The summed E-state index contributed by atoms with van der Waals surface area (Å²) in [6, 6.07) is 4.45. The van der Waals surface area contributed by atoms with Gasteiger partial charge in [-0.1, -0.05) is 0 Å². The van der Waals surface area contributed by atoms with Crippen LogP contribution in [-0.4, -0.2) is 18.5 Å². The highest BCUT2D eigenvalue weighted by atomic mass is 15.1. The number of nitrogens with two attached hydrogens (primary N) is 1. The lowest BCUT2D eigenvalue weighted by molar-refractivity contribution is 0.240. The van der Waals surface area contributed by atoms with E-state index in [0.29, 0.717) is 5.41 Å². The van der Waals surface area contributed by atoms with E-state index in [-0.39, 0.29) is 0 Å². The molecular formula is C15H20N2. The van der Waals surface area contributed by atoms with Crippen LogP contribution in [0.3, 0.4) is 0 Å². The summed E-state index contributed by atoms with van der Waals surface area (Å²) < 4.78 is 0. The summed E-state index contributed by atoms with van der Waals surface area (Å²) in [7, 11) is 2.24. The predicted octanol–water partition coefficient (Wildman–Crippen LogP) is 2.52. The number of likely N-dealkylation sites (N-methyl/N-ethyl adjacent to an activating group) is 1. The molecule has 0 unspecified atom stereocenters. The smallest absolute Gasteiger partial charge is 0.0320 e. The third-order valence-corrected chi connectivity index (χ3v) is 4.96. The number of nitrogen functional groups attached to an aromatic ring is 1. The summed E-state index contributed by atoms with van der Waals surface area (Å²) in [5.74, 6) is 0.774. The zero-order valence-electron chi connectivity index (χ0n) is 10.5. The molecule has 1 atom stereocenters. The van der Waals surface area contributed by atoms with Crippen molar-refractivity contribution in [2.45, 2.75) is 38.1 Å². The van der Waals surface area contributed by atoms with Crippen LogP contribution in [0, 0.1) is 5.41 Å². The van der Waals surface area contributed by atoms with E-state index in [0.717, 1.165) is 18.2 Å². The summed E-state index contributed by atoms with van der Waals surface area (Å²) in [5, 5.41) is 0. The summed E-state index contributed by atoms with van der Waals surface area (Å²) in [6.07, 6.45) is 5.59. The van der Waals surface area contributed by atoms with Gasteiger partial charge in [0.1, 0.15) is 0 Å². The Hall–Kier alpha value is -1.02. The van der Waals surface area contributed by atoms with Crippen molar-refractivity contribution in [3.8, 4) is 0 Å². The molecule has 1 aromatic rings. The maximum Gasteiger partial charge on any atom is 0.0320 e. The largest absolute Gasteiger partial charge is 0.399 e. The van der Waals surface area contributed by atoms with Gasteiger partial charge >= 0.3 is 0 Å². The molecule has 0 bridgehead atoms. The molecule has 1 aliphatic heterocycles. The van der Waals surface area contributed by atoms with Crippen molar-refractivity contribution >= 4 is 5.69 Å². The van der Waals surface area contributed by atoms with E-state index in [1.807, 2.05) is 0 Å². The van der Waals surface area contributed by atoms with Gasteiger partial charge in [-0.25, -0.2) is 0 Å². The van der Waals surface area contributed by atoms with Crippen molar-refractivity contribution in [2.75, 3.05) is 19.3 Å². The minimum atomic E-state index is 0.668. The first kappa shape index (κ1) is 9.95. The zero-order chi connectivity index (χ0) is 11.6. The van der Waals surface area contributed by atoms with Gasteiger partial charge in [0.15, 0.2) is 0 Å². The van der Waals surface area contributed by atoms with Crippen molar-refractivity contribution in [3.05, 3.63) is 28.8 Å². The molecule has 0 saturated heterocycles. The Morgan fingerprint density at radius 3 is 2.82 bits per heavy atom. The fourth-order valence-corrected chi connectivity index (χ4v) is 4.15. The highest BCUT2D eigenvalue weighted by Crippen LogP contribution is 2.59. The number of rotatable bonds is 0. The second-order valence-electron chi connectivity index (χ2n) is 6.53. The molecule has 2 N–H and O–H groups in total. The topological polar surface area (TPSA) is 29.3 Å². The highest BCUT2D eigenvalue weighted by molar-refractivity contribution is 5.53. The number of nitrogens with zero attached hydrogens (tertiary/aromatic N) is 1. The van der Waals surface area contributed by atoms with E-state index in [4.69, 9.17) is 5.73 Å². The second kappa shape index (κ2) is 3.05. The van der Waals surface area contributed by atoms with Crippen molar-refractivity contribution in [2.24, 2.45) is 5.41 Å². The van der Waals surface area contributed by atoms with E-state index < -0.39 is 0 Å². The van der Waals surface area contributed by atoms with Crippen LogP contribution in [0.2, 0.25) is 0 Å². The highest BCUT2D eigenvalue weighted by Gasteiger charge is 2.49. The molecule has 2 heteroatoms. The molecule has 0 aromatic heterocycles. The van der Waals surface area contributed by atoms with Crippen LogP contribution in [-0.2, 0) is 13.0 Å². The molecule has 3 aliphatic rings. The Morgan fingerprint density at radius 2 is 2.06 bits per heavy atom. The molecule has 1 spiro atoms. The van der Waals surface area contributed by atoms with Crippen LogP contribution in [0.4, 0.5) is 5.69 Å². The quantitative estimate of drug-likeness (QED) is 0.691.